The number of hydrogen-bond acceptors (Lipinski definition) is 4. The number of hydrogen-bond donors (Lipinski definition) is 2. The Morgan fingerprint density at radius 2 is 2.43 bits per heavy atom. The Morgan fingerprint density at radius 3 is 2.93 bits per heavy atom. The van der Waals surface area contributed by atoms with Crippen LogP contribution in [0.1, 0.15) is 19.8 Å². The van der Waals surface area contributed by atoms with E-state index in [9.17, 15) is 0 Å². The summed E-state index contributed by atoms with van der Waals surface area (Å²) in [5, 5.41) is 3.39. The van der Waals surface area contributed by atoms with Crippen LogP contribution in [0.15, 0.2) is 18.6 Å². The molecule has 0 spiro atoms. The van der Waals surface area contributed by atoms with Crippen LogP contribution < -0.4 is 11.1 Å². The largest absolute Gasteiger partial charge is 0.363 e. The van der Waals surface area contributed by atoms with Gasteiger partial charge in [0, 0.05) is 12.7 Å². The average Bonchev–Trinajstić information content (AvgIpc) is 3.03. The van der Waals surface area contributed by atoms with Gasteiger partial charge in [-0.1, -0.05) is 0 Å². The predicted molar refractivity (Wildman–Crippen MR) is 55.8 cm³/mol. The second-order valence-electron chi connectivity index (χ2n) is 4.12. The average molecular weight is 192 g/mol. The molecule has 2 rings (SSSR count). The Hall–Kier alpha value is -1.16. The zero-order valence-corrected chi connectivity index (χ0v) is 8.40. The van der Waals surface area contributed by atoms with Crippen molar-refractivity contribution in [2.45, 2.75) is 25.3 Å². The van der Waals surface area contributed by atoms with Crippen LogP contribution >= 0.6 is 0 Å². The van der Waals surface area contributed by atoms with Gasteiger partial charge in [0.05, 0.1) is 5.54 Å². The lowest BCUT2D eigenvalue weighted by molar-refractivity contribution is 0.458. The van der Waals surface area contributed by atoms with Crippen molar-refractivity contribution in [3.05, 3.63) is 18.6 Å². The second kappa shape index (κ2) is 3.53. The Labute approximate surface area is 83.9 Å². The lowest BCUT2D eigenvalue weighted by atomic mass is 9.96. The van der Waals surface area contributed by atoms with E-state index in [-0.39, 0.29) is 5.54 Å². The lowest BCUT2D eigenvalue weighted by Gasteiger charge is -2.29. The minimum Gasteiger partial charge on any atom is -0.363 e. The van der Waals surface area contributed by atoms with Gasteiger partial charge in [-0.25, -0.2) is 9.97 Å². The summed E-state index contributed by atoms with van der Waals surface area (Å²) >= 11 is 0. The van der Waals surface area contributed by atoms with Crippen molar-refractivity contribution in [3.63, 3.8) is 0 Å². The van der Waals surface area contributed by atoms with Gasteiger partial charge in [-0.05, 0) is 31.7 Å². The van der Waals surface area contributed by atoms with Crippen molar-refractivity contribution in [2.24, 2.45) is 11.7 Å². The first-order valence-corrected chi connectivity index (χ1v) is 4.99. The maximum Gasteiger partial charge on any atom is 0.129 e. The molecule has 1 aliphatic carbocycles. The fourth-order valence-corrected chi connectivity index (χ4v) is 1.70. The van der Waals surface area contributed by atoms with Crippen molar-refractivity contribution in [3.8, 4) is 0 Å². The minimum absolute atomic E-state index is 0.00560. The van der Waals surface area contributed by atoms with Crippen LogP contribution in [0.5, 0.6) is 0 Å². The summed E-state index contributed by atoms with van der Waals surface area (Å²) in [6.45, 7) is 2.80. The zero-order valence-electron chi connectivity index (χ0n) is 8.40. The summed E-state index contributed by atoms with van der Waals surface area (Å²) in [6.07, 6.45) is 5.82. The van der Waals surface area contributed by atoms with E-state index in [1.165, 1.54) is 12.8 Å². The van der Waals surface area contributed by atoms with Crippen LogP contribution in [0.2, 0.25) is 0 Å². The van der Waals surface area contributed by atoms with E-state index in [2.05, 4.69) is 22.2 Å². The molecule has 0 radical (unpaired) electrons. The SMILES string of the molecule is CC(CN)(Nc1ccncn1)C1CC1. The van der Waals surface area contributed by atoms with Crippen molar-refractivity contribution in [1.29, 1.82) is 0 Å². The van der Waals surface area contributed by atoms with Crippen LogP contribution in [0.25, 0.3) is 0 Å². The summed E-state index contributed by atoms with van der Waals surface area (Å²) in [5.74, 6) is 1.56. The van der Waals surface area contributed by atoms with Gasteiger partial charge in [0.2, 0.25) is 0 Å². The molecule has 0 amide bonds. The predicted octanol–water partition coefficient (Wildman–Crippen LogP) is 1.02. The van der Waals surface area contributed by atoms with Gasteiger partial charge in [-0.3, -0.25) is 0 Å². The number of nitrogens with one attached hydrogen (secondary N) is 1. The lowest BCUT2D eigenvalue weighted by Crippen LogP contribution is -2.44. The normalized spacial score (nSPS) is 20.1. The number of anilines is 1. The molecule has 3 N–H and O–H groups in total. The van der Waals surface area contributed by atoms with E-state index in [0.717, 1.165) is 5.82 Å². The molecule has 0 aliphatic heterocycles. The molecule has 0 saturated heterocycles. The van der Waals surface area contributed by atoms with Crippen molar-refractivity contribution >= 4 is 5.82 Å². The van der Waals surface area contributed by atoms with Crippen LogP contribution in [-0.2, 0) is 0 Å². The molecule has 0 bridgehead atoms. The van der Waals surface area contributed by atoms with Gasteiger partial charge < -0.3 is 11.1 Å². The maximum absolute atomic E-state index is 5.79. The van der Waals surface area contributed by atoms with Crippen LogP contribution in [0.3, 0.4) is 0 Å². The molecule has 1 unspecified atom stereocenters. The van der Waals surface area contributed by atoms with Gasteiger partial charge in [0.15, 0.2) is 0 Å². The highest BCUT2D eigenvalue weighted by molar-refractivity contribution is 5.36. The first-order chi connectivity index (χ1) is 6.74. The first kappa shape index (κ1) is 9.40. The van der Waals surface area contributed by atoms with Crippen molar-refractivity contribution in [1.82, 2.24) is 9.97 Å². The molecule has 4 nitrogen and oxygen atoms in total. The van der Waals surface area contributed by atoms with E-state index >= 15 is 0 Å². The van der Waals surface area contributed by atoms with E-state index in [0.29, 0.717) is 12.5 Å². The molecule has 1 heterocycles. The van der Waals surface area contributed by atoms with Gasteiger partial charge in [-0.15, -0.1) is 0 Å². The number of rotatable bonds is 4. The minimum atomic E-state index is -0.00560. The van der Waals surface area contributed by atoms with Crippen LogP contribution in [0.4, 0.5) is 5.82 Å². The highest BCUT2D eigenvalue weighted by Crippen LogP contribution is 2.40. The third kappa shape index (κ3) is 1.85. The molecular weight excluding hydrogens is 176 g/mol. The molecule has 14 heavy (non-hydrogen) atoms. The van der Waals surface area contributed by atoms with E-state index in [1.807, 2.05) is 6.07 Å². The monoisotopic (exact) mass is 192 g/mol. The van der Waals surface area contributed by atoms with Gasteiger partial charge >= 0.3 is 0 Å². The van der Waals surface area contributed by atoms with Crippen LogP contribution in [-0.4, -0.2) is 22.1 Å². The zero-order chi connectivity index (χ0) is 10.0. The molecular formula is C10H16N4. The second-order valence-corrected chi connectivity index (χ2v) is 4.12. The summed E-state index contributed by atoms with van der Waals surface area (Å²) in [7, 11) is 0. The molecule has 0 aromatic carbocycles. The molecule has 1 aliphatic rings. The summed E-state index contributed by atoms with van der Waals surface area (Å²) in [4.78, 5) is 8.02. The number of nitrogens with zero attached hydrogens (tertiary/aromatic N) is 2. The molecule has 1 fully saturated rings. The third-order valence-corrected chi connectivity index (χ3v) is 2.90. The number of nitrogens with two attached hydrogens (primary N) is 1. The maximum atomic E-state index is 5.79. The van der Waals surface area contributed by atoms with Crippen LogP contribution in [0, 0.1) is 5.92 Å². The Balaban J connectivity index is 2.08. The smallest absolute Gasteiger partial charge is 0.129 e. The fourth-order valence-electron chi connectivity index (χ4n) is 1.70. The van der Waals surface area contributed by atoms with E-state index in [4.69, 9.17) is 5.73 Å². The molecule has 1 saturated carbocycles. The summed E-state index contributed by atoms with van der Waals surface area (Å²) in [6, 6.07) is 1.87. The Kier molecular flexibility index (Phi) is 2.37. The van der Waals surface area contributed by atoms with Gasteiger partial charge in [0.1, 0.15) is 12.1 Å². The van der Waals surface area contributed by atoms with Gasteiger partial charge in [-0.2, -0.15) is 0 Å². The molecule has 1 aromatic heterocycles. The summed E-state index contributed by atoms with van der Waals surface area (Å²) < 4.78 is 0. The third-order valence-electron chi connectivity index (χ3n) is 2.90. The summed E-state index contributed by atoms with van der Waals surface area (Å²) in [5.41, 5.74) is 5.78. The standard InChI is InChI=1S/C10H16N4/c1-10(6-11,8-2-3-8)14-9-4-5-12-7-13-9/h4-5,7-8H,2-3,6,11H2,1H3,(H,12,13,14). The van der Waals surface area contributed by atoms with Gasteiger partial charge in [0.25, 0.3) is 0 Å². The van der Waals surface area contributed by atoms with E-state index < -0.39 is 0 Å². The Bertz CT molecular complexity index is 296. The van der Waals surface area contributed by atoms with Crippen molar-refractivity contribution < 1.29 is 0 Å². The van der Waals surface area contributed by atoms with E-state index in [1.54, 1.807) is 12.5 Å². The highest BCUT2D eigenvalue weighted by Gasteiger charge is 2.40. The highest BCUT2D eigenvalue weighted by atomic mass is 15.1. The molecule has 4 heteroatoms. The topological polar surface area (TPSA) is 63.8 Å². The molecule has 1 atom stereocenters. The Morgan fingerprint density at radius 1 is 1.64 bits per heavy atom. The molecule has 76 valence electrons. The van der Waals surface area contributed by atoms with Crippen molar-refractivity contribution in [2.75, 3.05) is 11.9 Å². The molecule has 1 aromatic rings. The fraction of sp³-hybridized carbons (Fsp3) is 0.600. The first-order valence-electron chi connectivity index (χ1n) is 4.99. The number of aromatic nitrogens is 2. The quantitative estimate of drug-likeness (QED) is 0.747.